The lowest BCUT2D eigenvalue weighted by Crippen LogP contribution is -2.29. The number of aryl methyl sites for hydroxylation is 2. The van der Waals surface area contributed by atoms with Crippen LogP contribution in [-0.2, 0) is 7.05 Å². The molecule has 2 aromatic rings. The summed E-state index contributed by atoms with van der Waals surface area (Å²) in [6.07, 6.45) is 4.84. The molecule has 0 radical (unpaired) electrons. The molecule has 0 aliphatic carbocycles. The quantitative estimate of drug-likeness (QED) is 0.833. The van der Waals surface area contributed by atoms with Gasteiger partial charge in [-0.05, 0) is 25.0 Å². The maximum atomic E-state index is 12.0. The van der Waals surface area contributed by atoms with Crippen LogP contribution in [0.25, 0.3) is 0 Å². The molecule has 0 unspecified atom stereocenters. The average Bonchev–Trinajstić information content (AvgIpc) is 2.84. The summed E-state index contributed by atoms with van der Waals surface area (Å²) in [7, 11) is 1.71. The third-order valence-corrected chi connectivity index (χ3v) is 2.99. The number of amides is 2. The largest absolute Gasteiger partial charge is 0.364 e. The van der Waals surface area contributed by atoms with Crippen molar-refractivity contribution >= 4 is 11.8 Å². The van der Waals surface area contributed by atoms with E-state index in [2.05, 4.69) is 10.4 Å². The highest BCUT2D eigenvalue weighted by Crippen LogP contribution is 2.14. The Hall–Kier alpha value is -2.57. The van der Waals surface area contributed by atoms with E-state index in [1.165, 1.54) is 10.9 Å². The van der Waals surface area contributed by atoms with Crippen molar-refractivity contribution < 1.29 is 9.59 Å². The van der Waals surface area contributed by atoms with Gasteiger partial charge in [-0.3, -0.25) is 19.7 Å². The molecule has 2 heterocycles. The molecule has 100 valence electrons. The van der Waals surface area contributed by atoms with Crippen LogP contribution in [-0.4, -0.2) is 26.0 Å². The Balaban J connectivity index is 2.35. The van der Waals surface area contributed by atoms with Crippen LogP contribution in [0.1, 0.15) is 32.2 Å². The fourth-order valence-corrected chi connectivity index (χ4v) is 1.86. The van der Waals surface area contributed by atoms with Crippen molar-refractivity contribution in [2.24, 2.45) is 12.8 Å². The Morgan fingerprint density at radius 2 is 2.05 bits per heavy atom. The van der Waals surface area contributed by atoms with Crippen LogP contribution >= 0.6 is 0 Å². The maximum absolute atomic E-state index is 12.0. The van der Waals surface area contributed by atoms with E-state index >= 15 is 0 Å². The molecule has 0 saturated heterocycles. The van der Waals surface area contributed by atoms with Crippen LogP contribution in [0.2, 0.25) is 0 Å². The molecule has 0 atom stereocenters. The van der Waals surface area contributed by atoms with Crippen LogP contribution < -0.4 is 11.2 Å². The van der Waals surface area contributed by atoms with Crippen LogP contribution in [0.4, 0.5) is 0 Å². The lowest BCUT2D eigenvalue weighted by molar-refractivity contribution is 0.0983. The first kappa shape index (κ1) is 12.9. The van der Waals surface area contributed by atoms with Gasteiger partial charge in [0.05, 0.1) is 0 Å². The van der Waals surface area contributed by atoms with Crippen molar-refractivity contribution in [2.45, 2.75) is 13.8 Å². The summed E-state index contributed by atoms with van der Waals surface area (Å²) in [5, 5.41) is 0. The fraction of sp³-hybridized carbons (Fsp3) is 0.250. The second-order valence-electron chi connectivity index (χ2n) is 4.32. The molecular formula is C12H15N5O2. The first-order valence-corrected chi connectivity index (χ1v) is 5.69. The molecule has 2 rings (SSSR count). The number of aromatic nitrogens is 3. The molecule has 7 heteroatoms. The highest BCUT2D eigenvalue weighted by Gasteiger charge is 2.18. The zero-order chi connectivity index (χ0) is 14.2. The summed E-state index contributed by atoms with van der Waals surface area (Å²) in [6, 6.07) is 0. The monoisotopic (exact) mass is 261 g/mol. The van der Waals surface area contributed by atoms with Gasteiger partial charge in [0.25, 0.3) is 5.91 Å². The minimum atomic E-state index is -0.592. The highest BCUT2D eigenvalue weighted by molar-refractivity contribution is 5.99. The fourth-order valence-electron chi connectivity index (χ4n) is 1.86. The Morgan fingerprint density at radius 3 is 2.58 bits per heavy atom. The summed E-state index contributed by atoms with van der Waals surface area (Å²) < 4.78 is 2.92. The van der Waals surface area contributed by atoms with Gasteiger partial charge >= 0.3 is 5.91 Å². The van der Waals surface area contributed by atoms with Crippen molar-refractivity contribution in [3.8, 4) is 0 Å². The molecule has 0 aliphatic heterocycles. The van der Waals surface area contributed by atoms with E-state index in [-0.39, 0.29) is 11.5 Å². The van der Waals surface area contributed by atoms with Crippen LogP contribution in [0.3, 0.4) is 0 Å². The van der Waals surface area contributed by atoms with Gasteiger partial charge in [-0.1, -0.05) is 0 Å². The van der Waals surface area contributed by atoms with Gasteiger partial charge < -0.3 is 10.3 Å². The predicted octanol–water partition coefficient (Wildman–Crippen LogP) is 0.321. The second-order valence-corrected chi connectivity index (χ2v) is 4.32. The number of imidazole rings is 1. The van der Waals surface area contributed by atoms with Gasteiger partial charge in [0.15, 0.2) is 5.82 Å². The molecular weight excluding hydrogens is 246 g/mol. The number of nitrogens with zero attached hydrogens (tertiary/aromatic N) is 3. The number of rotatable bonds is 3. The molecule has 7 nitrogen and oxygen atoms in total. The zero-order valence-corrected chi connectivity index (χ0v) is 11.0. The molecule has 0 saturated carbocycles. The van der Waals surface area contributed by atoms with Crippen molar-refractivity contribution in [3.05, 3.63) is 41.2 Å². The summed E-state index contributed by atoms with van der Waals surface area (Å²) in [5.41, 5.74) is 9.79. The Bertz CT molecular complexity index is 653. The number of nitrogens with two attached hydrogens (primary N) is 1. The summed E-state index contributed by atoms with van der Waals surface area (Å²) in [5.74, 6) is -0.754. The maximum Gasteiger partial charge on any atom is 0.306 e. The molecule has 2 aromatic heterocycles. The van der Waals surface area contributed by atoms with E-state index in [0.29, 0.717) is 0 Å². The third kappa shape index (κ3) is 2.22. The molecule has 0 bridgehead atoms. The molecule has 3 N–H and O–H groups in total. The van der Waals surface area contributed by atoms with Crippen LogP contribution in [0, 0.1) is 13.8 Å². The smallest absolute Gasteiger partial charge is 0.306 e. The Morgan fingerprint density at radius 1 is 1.37 bits per heavy atom. The molecule has 0 fully saturated rings. The first-order chi connectivity index (χ1) is 8.91. The van der Waals surface area contributed by atoms with Crippen LogP contribution in [0.5, 0.6) is 0 Å². The van der Waals surface area contributed by atoms with E-state index in [1.54, 1.807) is 30.9 Å². The van der Waals surface area contributed by atoms with Gasteiger partial charge in [-0.15, -0.1) is 0 Å². The lowest BCUT2D eigenvalue weighted by atomic mass is 10.2. The van der Waals surface area contributed by atoms with Gasteiger partial charge in [0.2, 0.25) is 0 Å². The third-order valence-electron chi connectivity index (χ3n) is 2.99. The average molecular weight is 261 g/mol. The van der Waals surface area contributed by atoms with Crippen molar-refractivity contribution in [1.29, 1.82) is 0 Å². The predicted molar refractivity (Wildman–Crippen MR) is 69.3 cm³/mol. The van der Waals surface area contributed by atoms with E-state index < -0.39 is 11.8 Å². The topological polar surface area (TPSA) is 94.9 Å². The molecule has 2 amide bonds. The van der Waals surface area contributed by atoms with Gasteiger partial charge in [-0.25, -0.2) is 4.98 Å². The normalized spacial score (nSPS) is 10.5. The minimum absolute atomic E-state index is 0.249. The SMILES string of the molecule is Cc1cn(NC(=O)c2nccn2C)c(C(N)=O)c1C. The van der Waals surface area contributed by atoms with Crippen molar-refractivity contribution in [2.75, 3.05) is 5.43 Å². The second kappa shape index (κ2) is 4.60. The first-order valence-electron chi connectivity index (χ1n) is 5.69. The number of hydrogen-bond donors (Lipinski definition) is 2. The number of primary amides is 1. The van der Waals surface area contributed by atoms with Gasteiger partial charge in [0.1, 0.15) is 5.69 Å². The lowest BCUT2D eigenvalue weighted by Gasteiger charge is -2.09. The molecule has 19 heavy (non-hydrogen) atoms. The molecule has 0 spiro atoms. The summed E-state index contributed by atoms with van der Waals surface area (Å²) in [6.45, 7) is 3.62. The van der Waals surface area contributed by atoms with E-state index in [1.807, 2.05) is 6.92 Å². The van der Waals surface area contributed by atoms with Crippen molar-refractivity contribution in [1.82, 2.24) is 14.2 Å². The minimum Gasteiger partial charge on any atom is -0.364 e. The van der Waals surface area contributed by atoms with E-state index in [4.69, 9.17) is 5.73 Å². The van der Waals surface area contributed by atoms with E-state index in [9.17, 15) is 9.59 Å². The number of hydrogen-bond acceptors (Lipinski definition) is 3. The molecule has 0 aromatic carbocycles. The number of carbonyl (C=O) groups excluding carboxylic acids is 2. The van der Waals surface area contributed by atoms with Crippen LogP contribution in [0.15, 0.2) is 18.6 Å². The number of carbonyl (C=O) groups is 2. The number of nitrogens with one attached hydrogen (secondary N) is 1. The van der Waals surface area contributed by atoms with Crippen molar-refractivity contribution in [3.63, 3.8) is 0 Å². The Labute approximate surface area is 110 Å². The Kier molecular flexibility index (Phi) is 3.12. The summed E-state index contributed by atoms with van der Waals surface area (Å²) >= 11 is 0. The van der Waals surface area contributed by atoms with Gasteiger partial charge in [-0.2, -0.15) is 0 Å². The van der Waals surface area contributed by atoms with E-state index in [0.717, 1.165) is 11.1 Å². The standard InChI is InChI=1S/C12H15N5O2/c1-7-6-17(9(8(7)2)10(13)18)15-12(19)11-14-4-5-16(11)3/h4-6H,1-3H3,(H2,13,18)(H,15,19). The zero-order valence-electron chi connectivity index (χ0n) is 11.0. The van der Waals surface area contributed by atoms with Gasteiger partial charge in [0, 0.05) is 25.6 Å². The summed E-state index contributed by atoms with van der Waals surface area (Å²) in [4.78, 5) is 27.4. The highest BCUT2D eigenvalue weighted by atomic mass is 16.2. The molecule has 0 aliphatic rings.